The standard InChI is InChI=1S/C14H16ClNO/c1-9(11-3-5-12(15)6-4-11)10(2)14(17)16-13-7-8-13/h3-6,13H,7-8H2,1-2H3,(H,16,17)/b10-9+. The number of carbonyl (C=O) groups is 1. The van der Waals surface area contributed by atoms with Gasteiger partial charge in [-0.2, -0.15) is 0 Å². The van der Waals surface area contributed by atoms with Gasteiger partial charge in [-0.25, -0.2) is 0 Å². The zero-order chi connectivity index (χ0) is 12.4. The number of carbonyl (C=O) groups excluding carboxylic acids is 1. The van der Waals surface area contributed by atoms with Gasteiger partial charge in [-0.05, 0) is 50.0 Å². The van der Waals surface area contributed by atoms with E-state index in [0.29, 0.717) is 11.1 Å². The predicted molar refractivity (Wildman–Crippen MR) is 70.9 cm³/mol. The van der Waals surface area contributed by atoms with Gasteiger partial charge in [0, 0.05) is 16.6 Å². The minimum atomic E-state index is 0.0416. The largest absolute Gasteiger partial charge is 0.350 e. The second-order valence-corrected chi connectivity index (χ2v) is 4.94. The Bertz CT molecular complexity index is 458. The van der Waals surface area contributed by atoms with Crippen molar-refractivity contribution < 1.29 is 4.79 Å². The summed E-state index contributed by atoms with van der Waals surface area (Å²) in [6, 6.07) is 7.95. The summed E-state index contributed by atoms with van der Waals surface area (Å²) in [5.41, 5.74) is 2.82. The molecule has 1 amide bonds. The summed E-state index contributed by atoms with van der Waals surface area (Å²) in [4.78, 5) is 11.9. The van der Waals surface area contributed by atoms with Gasteiger partial charge in [0.05, 0.1) is 0 Å². The summed E-state index contributed by atoms with van der Waals surface area (Å²) in [6.07, 6.45) is 2.22. The second-order valence-electron chi connectivity index (χ2n) is 4.50. The fourth-order valence-electron chi connectivity index (χ4n) is 1.61. The molecule has 90 valence electrons. The Hall–Kier alpha value is -1.28. The van der Waals surface area contributed by atoms with Gasteiger partial charge in [-0.15, -0.1) is 0 Å². The van der Waals surface area contributed by atoms with E-state index in [1.54, 1.807) is 0 Å². The van der Waals surface area contributed by atoms with E-state index in [4.69, 9.17) is 11.6 Å². The van der Waals surface area contributed by atoms with Crippen LogP contribution in [0.1, 0.15) is 32.3 Å². The van der Waals surface area contributed by atoms with E-state index in [1.165, 1.54) is 0 Å². The molecular weight excluding hydrogens is 234 g/mol. The highest BCUT2D eigenvalue weighted by molar-refractivity contribution is 6.30. The predicted octanol–water partition coefficient (Wildman–Crippen LogP) is 3.41. The maximum Gasteiger partial charge on any atom is 0.247 e. The first-order valence-electron chi connectivity index (χ1n) is 5.82. The minimum Gasteiger partial charge on any atom is -0.350 e. The zero-order valence-corrected chi connectivity index (χ0v) is 10.8. The molecule has 0 heterocycles. The Morgan fingerprint density at radius 2 is 1.82 bits per heavy atom. The fourth-order valence-corrected chi connectivity index (χ4v) is 1.73. The van der Waals surface area contributed by atoms with Crippen molar-refractivity contribution in [2.45, 2.75) is 32.7 Å². The molecule has 0 radical (unpaired) electrons. The van der Waals surface area contributed by atoms with E-state index in [-0.39, 0.29) is 5.91 Å². The lowest BCUT2D eigenvalue weighted by molar-refractivity contribution is -0.117. The van der Waals surface area contributed by atoms with Gasteiger partial charge in [0.2, 0.25) is 5.91 Å². The van der Waals surface area contributed by atoms with Crippen LogP contribution in [-0.4, -0.2) is 11.9 Å². The van der Waals surface area contributed by atoms with Crippen molar-refractivity contribution in [3.63, 3.8) is 0 Å². The topological polar surface area (TPSA) is 29.1 Å². The maximum absolute atomic E-state index is 11.9. The van der Waals surface area contributed by atoms with Crippen molar-refractivity contribution in [1.82, 2.24) is 5.32 Å². The van der Waals surface area contributed by atoms with Crippen LogP contribution in [0.3, 0.4) is 0 Å². The van der Waals surface area contributed by atoms with Crippen LogP contribution in [0.5, 0.6) is 0 Å². The third kappa shape index (κ3) is 3.10. The first kappa shape index (κ1) is 12.2. The summed E-state index contributed by atoms with van der Waals surface area (Å²) in [5.74, 6) is 0.0416. The molecule has 1 N–H and O–H groups in total. The Morgan fingerprint density at radius 1 is 1.24 bits per heavy atom. The normalized spacial score (nSPS) is 16.4. The molecule has 1 saturated carbocycles. The molecule has 0 saturated heterocycles. The molecule has 1 aliphatic carbocycles. The second kappa shape index (κ2) is 4.92. The highest BCUT2D eigenvalue weighted by Crippen LogP contribution is 2.23. The van der Waals surface area contributed by atoms with E-state index < -0.39 is 0 Å². The van der Waals surface area contributed by atoms with Gasteiger partial charge < -0.3 is 5.32 Å². The molecule has 0 spiro atoms. The molecule has 2 rings (SSSR count). The Labute approximate surface area is 107 Å². The van der Waals surface area contributed by atoms with Crippen LogP contribution in [0.4, 0.5) is 0 Å². The van der Waals surface area contributed by atoms with Gasteiger partial charge in [-0.3, -0.25) is 4.79 Å². The number of hydrogen-bond acceptors (Lipinski definition) is 1. The molecule has 2 nitrogen and oxygen atoms in total. The number of rotatable bonds is 3. The molecule has 0 atom stereocenters. The molecule has 0 aliphatic heterocycles. The maximum atomic E-state index is 11.9. The third-order valence-electron chi connectivity index (χ3n) is 3.09. The van der Waals surface area contributed by atoms with Crippen molar-refractivity contribution in [3.8, 4) is 0 Å². The lowest BCUT2D eigenvalue weighted by Gasteiger charge is -2.08. The van der Waals surface area contributed by atoms with Crippen LogP contribution in [-0.2, 0) is 4.79 Å². The highest BCUT2D eigenvalue weighted by atomic mass is 35.5. The summed E-state index contributed by atoms with van der Waals surface area (Å²) in [5, 5.41) is 3.70. The number of amides is 1. The van der Waals surface area contributed by atoms with Crippen LogP contribution in [0.15, 0.2) is 29.8 Å². The molecule has 1 aromatic carbocycles. The molecule has 0 aromatic heterocycles. The van der Waals surface area contributed by atoms with Crippen LogP contribution < -0.4 is 5.32 Å². The minimum absolute atomic E-state index is 0.0416. The SMILES string of the molecule is C/C(C(=O)NC1CC1)=C(/C)c1ccc(Cl)cc1. The van der Waals surface area contributed by atoms with Crippen molar-refractivity contribution in [1.29, 1.82) is 0 Å². The van der Waals surface area contributed by atoms with Crippen LogP contribution in [0, 0.1) is 0 Å². The molecular formula is C14H16ClNO. The highest BCUT2D eigenvalue weighted by Gasteiger charge is 2.24. The summed E-state index contributed by atoms with van der Waals surface area (Å²) in [7, 11) is 0. The average Bonchev–Trinajstić information content (AvgIpc) is 3.12. The third-order valence-corrected chi connectivity index (χ3v) is 3.34. The van der Waals surface area contributed by atoms with Crippen LogP contribution in [0.25, 0.3) is 5.57 Å². The first-order valence-corrected chi connectivity index (χ1v) is 6.20. The summed E-state index contributed by atoms with van der Waals surface area (Å²) >= 11 is 5.84. The summed E-state index contributed by atoms with van der Waals surface area (Å²) < 4.78 is 0. The molecule has 1 aromatic rings. The lowest BCUT2D eigenvalue weighted by atomic mass is 10.0. The molecule has 0 bridgehead atoms. The van der Waals surface area contributed by atoms with Crippen molar-refractivity contribution in [3.05, 3.63) is 40.4 Å². The number of benzene rings is 1. The van der Waals surface area contributed by atoms with E-state index >= 15 is 0 Å². The monoisotopic (exact) mass is 249 g/mol. The van der Waals surface area contributed by atoms with E-state index in [1.807, 2.05) is 38.1 Å². The number of halogens is 1. The number of allylic oxidation sites excluding steroid dienone is 1. The Kier molecular flexibility index (Phi) is 3.53. The molecule has 0 unspecified atom stereocenters. The number of hydrogen-bond donors (Lipinski definition) is 1. The van der Waals surface area contributed by atoms with Gasteiger partial charge >= 0.3 is 0 Å². The molecule has 3 heteroatoms. The smallest absolute Gasteiger partial charge is 0.247 e. The average molecular weight is 250 g/mol. The lowest BCUT2D eigenvalue weighted by Crippen LogP contribution is -2.26. The van der Waals surface area contributed by atoms with Crippen LogP contribution >= 0.6 is 11.6 Å². The summed E-state index contributed by atoms with van der Waals surface area (Å²) in [6.45, 7) is 3.83. The molecule has 1 aliphatic rings. The van der Waals surface area contributed by atoms with Gasteiger partial charge in [-0.1, -0.05) is 23.7 Å². The fraction of sp³-hybridized carbons (Fsp3) is 0.357. The van der Waals surface area contributed by atoms with Crippen molar-refractivity contribution in [2.75, 3.05) is 0 Å². The zero-order valence-electron chi connectivity index (χ0n) is 10.1. The van der Waals surface area contributed by atoms with Crippen molar-refractivity contribution >= 4 is 23.1 Å². The van der Waals surface area contributed by atoms with Gasteiger partial charge in [0.25, 0.3) is 0 Å². The molecule has 17 heavy (non-hydrogen) atoms. The van der Waals surface area contributed by atoms with E-state index in [0.717, 1.165) is 29.6 Å². The van der Waals surface area contributed by atoms with E-state index in [9.17, 15) is 4.79 Å². The first-order chi connectivity index (χ1) is 8.08. The van der Waals surface area contributed by atoms with E-state index in [2.05, 4.69) is 5.32 Å². The quantitative estimate of drug-likeness (QED) is 0.818. The number of nitrogens with one attached hydrogen (secondary N) is 1. The molecule has 1 fully saturated rings. The van der Waals surface area contributed by atoms with Crippen LogP contribution in [0.2, 0.25) is 5.02 Å². The van der Waals surface area contributed by atoms with Crippen molar-refractivity contribution in [2.24, 2.45) is 0 Å². The Balaban J connectivity index is 2.17. The van der Waals surface area contributed by atoms with Gasteiger partial charge in [0.15, 0.2) is 0 Å². The van der Waals surface area contributed by atoms with Gasteiger partial charge in [0.1, 0.15) is 0 Å². The Morgan fingerprint density at radius 3 is 2.35 bits per heavy atom.